The van der Waals surface area contributed by atoms with E-state index in [2.05, 4.69) is 18.1 Å². The minimum absolute atomic E-state index is 0.0369. The maximum atomic E-state index is 9.01. The smallest absolute Gasteiger partial charge is 0.172 e. The van der Waals surface area contributed by atoms with Gasteiger partial charge in [-0.3, -0.25) is 0 Å². The van der Waals surface area contributed by atoms with Gasteiger partial charge in [-0.1, -0.05) is 30.3 Å². The first-order valence-electron chi connectivity index (χ1n) is 4.71. The molecule has 2 atom stereocenters. The van der Waals surface area contributed by atoms with E-state index in [1.807, 2.05) is 25.2 Å². The van der Waals surface area contributed by atoms with Crippen molar-refractivity contribution in [2.75, 3.05) is 13.7 Å². The lowest BCUT2D eigenvalue weighted by Gasteiger charge is -2.18. The van der Waals surface area contributed by atoms with Gasteiger partial charge in [0.05, 0.1) is 7.05 Å². The van der Waals surface area contributed by atoms with Crippen molar-refractivity contribution in [2.45, 2.75) is 12.6 Å². The number of rotatable bonds is 4. The predicted molar refractivity (Wildman–Crippen MR) is 56.7 cm³/mol. The molecule has 0 amide bonds. The standard InChI is InChI=1S/C12H15NO/c1-3-12(10-14)13(2)9-11-7-5-4-6-8-11/h1,4-8,12,14H,9-10H2,2H3/p+1. The maximum absolute atomic E-state index is 9.01. The highest BCUT2D eigenvalue weighted by Crippen LogP contribution is 1.95. The van der Waals surface area contributed by atoms with Crippen molar-refractivity contribution >= 4 is 0 Å². The first-order valence-corrected chi connectivity index (χ1v) is 4.71. The zero-order valence-electron chi connectivity index (χ0n) is 8.40. The third-order valence-corrected chi connectivity index (χ3v) is 2.30. The van der Waals surface area contributed by atoms with E-state index in [1.54, 1.807) is 0 Å². The van der Waals surface area contributed by atoms with Crippen LogP contribution in [-0.2, 0) is 6.54 Å². The Kier molecular flexibility index (Phi) is 4.18. The van der Waals surface area contributed by atoms with E-state index in [0.717, 1.165) is 11.4 Å². The summed E-state index contributed by atoms with van der Waals surface area (Å²) in [6.07, 6.45) is 5.31. The Morgan fingerprint density at radius 3 is 2.57 bits per heavy atom. The zero-order chi connectivity index (χ0) is 10.4. The SMILES string of the molecule is C#CC(CO)[NH+](C)Cc1ccccc1. The van der Waals surface area contributed by atoms with Crippen LogP contribution in [0.25, 0.3) is 0 Å². The topological polar surface area (TPSA) is 24.7 Å². The van der Waals surface area contributed by atoms with Gasteiger partial charge in [0.2, 0.25) is 0 Å². The molecule has 1 aromatic carbocycles. The van der Waals surface area contributed by atoms with E-state index < -0.39 is 0 Å². The quantitative estimate of drug-likeness (QED) is 0.626. The molecule has 1 aromatic rings. The third kappa shape index (κ3) is 2.88. The molecular formula is C12H16NO+. The second-order valence-corrected chi connectivity index (χ2v) is 3.41. The number of aliphatic hydroxyl groups is 1. The van der Waals surface area contributed by atoms with Gasteiger partial charge < -0.3 is 10.0 Å². The lowest BCUT2D eigenvalue weighted by molar-refractivity contribution is -0.911. The summed E-state index contributed by atoms with van der Waals surface area (Å²) in [5.41, 5.74) is 1.23. The molecule has 0 aliphatic carbocycles. The molecule has 1 rings (SSSR count). The third-order valence-electron chi connectivity index (χ3n) is 2.30. The van der Waals surface area contributed by atoms with Gasteiger partial charge in [0.25, 0.3) is 0 Å². The van der Waals surface area contributed by atoms with E-state index in [9.17, 15) is 0 Å². The molecule has 0 spiro atoms. The van der Waals surface area contributed by atoms with Crippen molar-refractivity contribution < 1.29 is 10.0 Å². The van der Waals surface area contributed by atoms with Crippen molar-refractivity contribution in [3.63, 3.8) is 0 Å². The van der Waals surface area contributed by atoms with Gasteiger partial charge in [-0.05, 0) is 5.92 Å². The molecule has 0 aliphatic rings. The highest BCUT2D eigenvalue weighted by Gasteiger charge is 2.13. The molecule has 0 heterocycles. The van der Waals surface area contributed by atoms with E-state index in [1.165, 1.54) is 5.56 Å². The molecule has 0 radical (unpaired) electrons. The van der Waals surface area contributed by atoms with Gasteiger partial charge in [-0.15, -0.1) is 6.42 Å². The summed E-state index contributed by atoms with van der Waals surface area (Å²) in [5, 5.41) is 9.01. The summed E-state index contributed by atoms with van der Waals surface area (Å²) in [6, 6.07) is 10.0. The van der Waals surface area contributed by atoms with Crippen LogP contribution in [0.5, 0.6) is 0 Å². The molecule has 0 aromatic heterocycles. The normalized spacial score (nSPS) is 14.4. The Balaban J connectivity index is 2.57. The summed E-state index contributed by atoms with van der Waals surface area (Å²) in [4.78, 5) is 1.14. The maximum Gasteiger partial charge on any atom is 0.172 e. The van der Waals surface area contributed by atoms with Crippen molar-refractivity contribution in [1.82, 2.24) is 0 Å². The van der Waals surface area contributed by atoms with Gasteiger partial charge in [-0.25, -0.2) is 0 Å². The Morgan fingerprint density at radius 2 is 2.07 bits per heavy atom. The number of benzene rings is 1. The summed E-state index contributed by atoms with van der Waals surface area (Å²) in [6.45, 7) is 0.880. The Morgan fingerprint density at radius 1 is 1.43 bits per heavy atom. The average molecular weight is 190 g/mol. The molecule has 14 heavy (non-hydrogen) atoms. The first-order chi connectivity index (χ1) is 6.77. The summed E-state index contributed by atoms with van der Waals surface area (Å²) in [5.74, 6) is 2.58. The largest absolute Gasteiger partial charge is 0.389 e. The van der Waals surface area contributed by atoms with Crippen LogP contribution in [0.1, 0.15) is 5.56 Å². The van der Waals surface area contributed by atoms with Crippen LogP contribution in [0.4, 0.5) is 0 Å². The number of hydrogen-bond acceptors (Lipinski definition) is 1. The van der Waals surface area contributed by atoms with Gasteiger partial charge in [0.1, 0.15) is 13.2 Å². The predicted octanol–water partition coefficient (Wildman–Crippen LogP) is -0.305. The minimum atomic E-state index is -0.116. The monoisotopic (exact) mass is 190 g/mol. The number of likely N-dealkylation sites (N-methyl/N-ethyl adjacent to an activating group) is 1. The molecule has 2 unspecified atom stereocenters. The number of aliphatic hydroxyl groups excluding tert-OH is 1. The Hall–Kier alpha value is -1.30. The molecule has 2 nitrogen and oxygen atoms in total. The van der Waals surface area contributed by atoms with Crippen LogP contribution in [-0.4, -0.2) is 24.8 Å². The van der Waals surface area contributed by atoms with E-state index >= 15 is 0 Å². The highest BCUT2D eigenvalue weighted by molar-refractivity contribution is 5.13. The molecule has 0 saturated heterocycles. The van der Waals surface area contributed by atoms with Gasteiger partial charge in [0, 0.05) is 5.56 Å². The van der Waals surface area contributed by atoms with E-state index in [-0.39, 0.29) is 12.6 Å². The Bertz CT molecular complexity index is 302. The van der Waals surface area contributed by atoms with Gasteiger partial charge in [0.15, 0.2) is 6.04 Å². The number of terminal acetylenes is 1. The molecule has 0 saturated carbocycles. The van der Waals surface area contributed by atoms with Crippen LogP contribution in [0.15, 0.2) is 30.3 Å². The fourth-order valence-electron chi connectivity index (χ4n) is 1.39. The van der Waals surface area contributed by atoms with Gasteiger partial charge in [-0.2, -0.15) is 0 Å². The lowest BCUT2D eigenvalue weighted by Crippen LogP contribution is -3.12. The molecule has 2 N–H and O–H groups in total. The molecule has 74 valence electrons. The van der Waals surface area contributed by atoms with Crippen LogP contribution in [0.2, 0.25) is 0 Å². The number of quaternary nitrogens is 1. The molecule has 0 bridgehead atoms. The van der Waals surface area contributed by atoms with Crippen LogP contribution >= 0.6 is 0 Å². The van der Waals surface area contributed by atoms with Crippen molar-refractivity contribution in [2.24, 2.45) is 0 Å². The number of hydrogen-bond donors (Lipinski definition) is 2. The van der Waals surface area contributed by atoms with E-state index in [0.29, 0.717) is 0 Å². The molecular weight excluding hydrogens is 174 g/mol. The van der Waals surface area contributed by atoms with E-state index in [4.69, 9.17) is 11.5 Å². The van der Waals surface area contributed by atoms with Gasteiger partial charge >= 0.3 is 0 Å². The lowest BCUT2D eigenvalue weighted by atomic mass is 10.2. The summed E-state index contributed by atoms with van der Waals surface area (Å²) < 4.78 is 0. The van der Waals surface area contributed by atoms with Crippen LogP contribution < -0.4 is 4.90 Å². The fraction of sp³-hybridized carbons (Fsp3) is 0.333. The molecule has 0 fully saturated rings. The second-order valence-electron chi connectivity index (χ2n) is 3.41. The zero-order valence-corrected chi connectivity index (χ0v) is 8.40. The first kappa shape index (κ1) is 10.8. The van der Waals surface area contributed by atoms with Crippen molar-refractivity contribution in [3.8, 4) is 12.3 Å². The summed E-state index contributed by atoms with van der Waals surface area (Å²) >= 11 is 0. The number of nitrogens with one attached hydrogen (secondary N) is 1. The van der Waals surface area contributed by atoms with Crippen LogP contribution in [0.3, 0.4) is 0 Å². The molecule has 2 heteroatoms. The van der Waals surface area contributed by atoms with Crippen molar-refractivity contribution in [1.29, 1.82) is 0 Å². The fourth-order valence-corrected chi connectivity index (χ4v) is 1.39. The molecule has 0 aliphatic heterocycles. The van der Waals surface area contributed by atoms with Crippen LogP contribution in [0, 0.1) is 12.3 Å². The highest BCUT2D eigenvalue weighted by atomic mass is 16.3. The van der Waals surface area contributed by atoms with Crippen molar-refractivity contribution in [3.05, 3.63) is 35.9 Å². The second kappa shape index (κ2) is 5.43. The Labute approximate surface area is 85.2 Å². The summed E-state index contributed by atoms with van der Waals surface area (Å²) in [7, 11) is 1.99. The average Bonchev–Trinajstić information content (AvgIpc) is 2.21. The minimum Gasteiger partial charge on any atom is -0.389 e.